The second-order valence-electron chi connectivity index (χ2n) is 6.00. The topological polar surface area (TPSA) is 53.5 Å². The third-order valence-electron chi connectivity index (χ3n) is 4.23. The van der Waals surface area contributed by atoms with E-state index in [-0.39, 0.29) is 41.8 Å². The van der Waals surface area contributed by atoms with E-state index in [9.17, 15) is 13.0 Å². The summed E-state index contributed by atoms with van der Waals surface area (Å²) in [6.45, 7) is 2.23. The molecule has 0 aromatic heterocycles. The zero-order valence-electron chi connectivity index (χ0n) is 14.6. The molecule has 1 aromatic rings. The number of nitrogens with zero attached hydrogens (tertiary/aromatic N) is 1. The lowest BCUT2D eigenvalue weighted by Gasteiger charge is -2.30. The molecule has 0 spiro atoms. The van der Waals surface area contributed by atoms with Gasteiger partial charge in [-0.1, -0.05) is 13.3 Å². The molecule has 4 nitrogen and oxygen atoms in total. The predicted octanol–water partition coefficient (Wildman–Crippen LogP) is 3.33. The molecule has 1 aliphatic rings. The summed E-state index contributed by atoms with van der Waals surface area (Å²) in [6.07, 6.45) is 3.91. The van der Waals surface area contributed by atoms with Crippen molar-refractivity contribution < 1.29 is 13.0 Å². The quantitative estimate of drug-likeness (QED) is 0.382. The molecule has 0 radical (unpaired) electrons. The summed E-state index contributed by atoms with van der Waals surface area (Å²) in [7, 11) is 0.885. The van der Waals surface area contributed by atoms with Crippen LogP contribution in [0.25, 0.3) is 0 Å². The fourth-order valence-corrected chi connectivity index (χ4v) is 4.39. The van der Waals surface area contributed by atoms with Crippen molar-refractivity contribution >= 4 is 40.7 Å². The van der Waals surface area contributed by atoms with Crippen LogP contribution in [0.5, 0.6) is 0 Å². The molecule has 3 unspecified atom stereocenters. The Bertz CT molecular complexity index is 595. The largest absolute Gasteiger partial charge is 0.354 e. The fourth-order valence-electron chi connectivity index (χ4n) is 3.04. The molecule has 1 aromatic carbocycles. The first-order valence-electron chi connectivity index (χ1n) is 8.31. The summed E-state index contributed by atoms with van der Waals surface area (Å²) in [5, 5.41) is 6.64. The standard InChI is InChI=1S/C17H25F2N3OS.HI/c1-3-24(23)16-6-4-5-15(10-16)22-17(20-2)21-11-12-7-13(18)9-14(19)8-12;/h7-9,15-16H,3-6,10-11H2,1-2H3,(H2,20,21,22);1H. The third-order valence-corrected chi connectivity index (χ3v) is 5.97. The lowest BCUT2D eigenvalue weighted by molar-refractivity contribution is 0.413. The number of benzene rings is 1. The van der Waals surface area contributed by atoms with E-state index in [1.165, 1.54) is 12.1 Å². The molecule has 25 heavy (non-hydrogen) atoms. The van der Waals surface area contributed by atoms with Crippen LogP contribution < -0.4 is 10.6 Å². The highest BCUT2D eigenvalue weighted by atomic mass is 127. The van der Waals surface area contributed by atoms with Crippen molar-refractivity contribution in [3.8, 4) is 0 Å². The zero-order chi connectivity index (χ0) is 17.5. The van der Waals surface area contributed by atoms with Gasteiger partial charge in [-0.3, -0.25) is 9.20 Å². The Hall–Kier alpha value is -0.770. The molecule has 0 aliphatic heterocycles. The third kappa shape index (κ3) is 7.16. The number of halogens is 3. The monoisotopic (exact) mass is 485 g/mol. The summed E-state index contributed by atoms with van der Waals surface area (Å²) < 4.78 is 38.4. The summed E-state index contributed by atoms with van der Waals surface area (Å²) in [5.41, 5.74) is 0.518. The van der Waals surface area contributed by atoms with Crippen molar-refractivity contribution in [1.82, 2.24) is 10.6 Å². The van der Waals surface area contributed by atoms with E-state index in [1.54, 1.807) is 7.05 Å². The van der Waals surface area contributed by atoms with Gasteiger partial charge in [-0.05, 0) is 37.0 Å². The Labute approximate surface area is 167 Å². The number of hydrogen-bond acceptors (Lipinski definition) is 2. The smallest absolute Gasteiger partial charge is 0.191 e. The van der Waals surface area contributed by atoms with Gasteiger partial charge in [-0.25, -0.2) is 8.78 Å². The first-order valence-corrected chi connectivity index (χ1v) is 9.69. The average molecular weight is 485 g/mol. The SMILES string of the molecule is CCS(=O)C1CCCC(NC(=NC)NCc2cc(F)cc(F)c2)C1.I. The van der Waals surface area contributed by atoms with E-state index in [2.05, 4.69) is 15.6 Å². The highest BCUT2D eigenvalue weighted by molar-refractivity contribution is 14.0. The van der Waals surface area contributed by atoms with Gasteiger partial charge in [0.15, 0.2) is 5.96 Å². The van der Waals surface area contributed by atoms with E-state index in [0.29, 0.717) is 17.3 Å². The van der Waals surface area contributed by atoms with Gasteiger partial charge >= 0.3 is 0 Å². The van der Waals surface area contributed by atoms with Crippen LogP contribution in [0, 0.1) is 11.6 Å². The number of guanidine groups is 1. The molecule has 0 saturated heterocycles. The normalized spacial score (nSPS) is 22.0. The Morgan fingerprint density at radius 2 is 1.96 bits per heavy atom. The first-order chi connectivity index (χ1) is 11.5. The van der Waals surface area contributed by atoms with Crippen molar-refractivity contribution in [3.63, 3.8) is 0 Å². The number of aliphatic imine (C=N–C) groups is 1. The van der Waals surface area contributed by atoms with E-state index < -0.39 is 22.4 Å². The van der Waals surface area contributed by atoms with Crippen molar-refractivity contribution in [2.24, 2.45) is 4.99 Å². The summed E-state index contributed by atoms with van der Waals surface area (Å²) in [6, 6.07) is 3.66. The van der Waals surface area contributed by atoms with Gasteiger partial charge < -0.3 is 10.6 Å². The molecule has 0 amide bonds. The Morgan fingerprint density at radius 3 is 2.56 bits per heavy atom. The lowest BCUT2D eigenvalue weighted by Crippen LogP contribution is -2.46. The molecule has 8 heteroatoms. The molecule has 1 aliphatic carbocycles. The van der Waals surface area contributed by atoms with Gasteiger partial charge in [-0.15, -0.1) is 24.0 Å². The summed E-state index contributed by atoms with van der Waals surface area (Å²) >= 11 is 0. The van der Waals surface area contributed by atoms with Crippen LogP contribution in [0.15, 0.2) is 23.2 Å². The first kappa shape index (κ1) is 22.3. The highest BCUT2D eigenvalue weighted by Gasteiger charge is 2.25. The van der Waals surface area contributed by atoms with Gasteiger partial charge in [0, 0.05) is 47.5 Å². The second-order valence-corrected chi connectivity index (χ2v) is 8.01. The molecule has 1 saturated carbocycles. The number of hydrogen-bond donors (Lipinski definition) is 2. The Morgan fingerprint density at radius 1 is 1.28 bits per heavy atom. The Balaban J connectivity index is 0.00000312. The van der Waals surface area contributed by atoms with Crippen molar-refractivity contribution in [2.45, 2.75) is 50.4 Å². The molecular weight excluding hydrogens is 459 g/mol. The molecular formula is C17H26F2IN3OS. The van der Waals surface area contributed by atoms with Crippen LogP contribution in [0.4, 0.5) is 8.78 Å². The molecule has 0 bridgehead atoms. The van der Waals surface area contributed by atoms with E-state index >= 15 is 0 Å². The van der Waals surface area contributed by atoms with Crippen molar-refractivity contribution in [3.05, 3.63) is 35.4 Å². The summed E-state index contributed by atoms with van der Waals surface area (Å²) in [5.74, 6) is 0.0987. The average Bonchev–Trinajstić information content (AvgIpc) is 2.57. The van der Waals surface area contributed by atoms with Gasteiger partial charge in [0.2, 0.25) is 0 Å². The van der Waals surface area contributed by atoms with Crippen LogP contribution in [0.3, 0.4) is 0 Å². The van der Waals surface area contributed by atoms with E-state index in [4.69, 9.17) is 0 Å². The summed E-state index contributed by atoms with van der Waals surface area (Å²) in [4.78, 5) is 4.16. The van der Waals surface area contributed by atoms with Crippen LogP contribution in [-0.2, 0) is 17.3 Å². The van der Waals surface area contributed by atoms with Gasteiger partial charge in [-0.2, -0.15) is 0 Å². The minimum absolute atomic E-state index is 0. The zero-order valence-corrected chi connectivity index (χ0v) is 17.7. The Kier molecular flexibility index (Phi) is 9.84. The lowest BCUT2D eigenvalue weighted by atomic mass is 9.95. The van der Waals surface area contributed by atoms with Crippen molar-refractivity contribution in [2.75, 3.05) is 12.8 Å². The van der Waals surface area contributed by atoms with E-state index in [1.807, 2.05) is 6.92 Å². The van der Waals surface area contributed by atoms with Gasteiger partial charge in [0.1, 0.15) is 11.6 Å². The molecule has 1 fully saturated rings. The van der Waals surface area contributed by atoms with Crippen LogP contribution >= 0.6 is 24.0 Å². The predicted molar refractivity (Wildman–Crippen MR) is 110 cm³/mol. The maximum atomic E-state index is 13.2. The maximum absolute atomic E-state index is 13.2. The molecule has 2 N–H and O–H groups in total. The van der Waals surface area contributed by atoms with E-state index in [0.717, 1.165) is 31.7 Å². The second kappa shape index (κ2) is 11.1. The van der Waals surface area contributed by atoms with Gasteiger partial charge in [0.25, 0.3) is 0 Å². The van der Waals surface area contributed by atoms with Crippen LogP contribution in [0.1, 0.15) is 38.2 Å². The van der Waals surface area contributed by atoms with Crippen LogP contribution in [0.2, 0.25) is 0 Å². The van der Waals surface area contributed by atoms with Crippen molar-refractivity contribution in [1.29, 1.82) is 0 Å². The highest BCUT2D eigenvalue weighted by Crippen LogP contribution is 2.23. The molecule has 3 atom stereocenters. The molecule has 2 rings (SSSR count). The number of rotatable bonds is 5. The fraction of sp³-hybridized carbons (Fsp3) is 0.588. The minimum atomic E-state index is -0.773. The minimum Gasteiger partial charge on any atom is -0.354 e. The number of nitrogens with one attached hydrogen (secondary N) is 2. The van der Waals surface area contributed by atoms with Crippen LogP contribution in [-0.4, -0.2) is 34.3 Å². The molecule has 0 heterocycles. The molecule has 142 valence electrons. The maximum Gasteiger partial charge on any atom is 0.191 e. The van der Waals surface area contributed by atoms with Gasteiger partial charge in [0.05, 0.1) is 0 Å².